The van der Waals surface area contributed by atoms with Gasteiger partial charge in [0.1, 0.15) is 0 Å². The molecule has 0 unspecified atom stereocenters. The molecule has 1 heterocycles. The predicted octanol–water partition coefficient (Wildman–Crippen LogP) is -0.377. The number of rotatable bonds is 4. The zero-order chi connectivity index (χ0) is 10.4. The molecule has 0 fully saturated rings. The van der Waals surface area contributed by atoms with E-state index in [1.54, 1.807) is 19.1 Å². The van der Waals surface area contributed by atoms with E-state index in [1.165, 1.54) is 0 Å². The molecule has 3 N–H and O–H groups in total. The lowest BCUT2D eigenvalue weighted by Crippen LogP contribution is -2.24. The number of hydrogen-bond donors (Lipinski definition) is 2. The van der Waals surface area contributed by atoms with Gasteiger partial charge in [0.2, 0.25) is 5.89 Å². The largest absolute Gasteiger partial charge is 0.346 e. The van der Waals surface area contributed by atoms with Gasteiger partial charge in [-0.25, -0.2) is 0 Å². The van der Waals surface area contributed by atoms with Crippen molar-refractivity contribution in [2.45, 2.75) is 6.92 Å². The third kappa shape index (κ3) is 2.98. The molecule has 1 aromatic rings. The summed E-state index contributed by atoms with van der Waals surface area (Å²) in [5.41, 5.74) is 5.22. The Bertz CT molecular complexity index is 332. The number of carbonyl (C=O) groups excluding carboxylic acids is 1. The quantitative estimate of drug-likeness (QED) is 0.640. The average Bonchev–Trinajstić information content (AvgIpc) is 2.59. The van der Waals surface area contributed by atoms with Gasteiger partial charge in [-0.2, -0.15) is 4.98 Å². The first-order valence-corrected chi connectivity index (χ1v) is 4.17. The van der Waals surface area contributed by atoms with E-state index < -0.39 is 0 Å². The Morgan fingerprint density at radius 1 is 1.64 bits per heavy atom. The molecule has 0 saturated carbocycles. The van der Waals surface area contributed by atoms with Crippen LogP contribution in [0.4, 0.5) is 0 Å². The van der Waals surface area contributed by atoms with Gasteiger partial charge in [0.15, 0.2) is 0 Å². The van der Waals surface area contributed by atoms with Crippen molar-refractivity contribution < 1.29 is 9.32 Å². The lowest BCUT2D eigenvalue weighted by molar-refractivity contribution is 0.0944. The Balaban J connectivity index is 2.39. The van der Waals surface area contributed by atoms with Gasteiger partial charge < -0.3 is 15.6 Å². The zero-order valence-corrected chi connectivity index (χ0v) is 7.86. The molecule has 0 aliphatic carbocycles. The summed E-state index contributed by atoms with van der Waals surface area (Å²) in [6.45, 7) is 2.49. The highest BCUT2D eigenvalue weighted by atomic mass is 16.5. The van der Waals surface area contributed by atoms with Gasteiger partial charge >= 0.3 is 0 Å². The van der Waals surface area contributed by atoms with Gasteiger partial charge in [-0.15, -0.1) is 0 Å². The summed E-state index contributed by atoms with van der Waals surface area (Å²) < 4.78 is 4.65. The smallest absolute Gasteiger partial charge is 0.292 e. The minimum absolute atomic E-state index is 0.0450. The van der Waals surface area contributed by atoms with Crippen molar-refractivity contribution in [1.29, 1.82) is 0 Å². The van der Waals surface area contributed by atoms with Crippen molar-refractivity contribution in [1.82, 2.24) is 15.5 Å². The molecule has 0 aromatic carbocycles. The minimum Gasteiger partial charge on any atom is -0.346 e. The Morgan fingerprint density at radius 3 is 3.00 bits per heavy atom. The van der Waals surface area contributed by atoms with Gasteiger partial charge in [-0.05, 0) is 0 Å². The molecule has 1 amide bonds. The van der Waals surface area contributed by atoms with Crippen molar-refractivity contribution >= 4 is 5.91 Å². The summed E-state index contributed by atoms with van der Waals surface area (Å²) in [6, 6.07) is 0. The van der Waals surface area contributed by atoms with Crippen molar-refractivity contribution in [2.75, 3.05) is 13.1 Å². The third-order valence-corrected chi connectivity index (χ3v) is 1.41. The first kappa shape index (κ1) is 10.4. The van der Waals surface area contributed by atoms with Crippen molar-refractivity contribution in [3.8, 4) is 0 Å². The molecule has 0 aliphatic rings. The third-order valence-electron chi connectivity index (χ3n) is 1.41. The number of amides is 1. The molecule has 0 saturated heterocycles. The van der Waals surface area contributed by atoms with Crippen LogP contribution in [0, 0.1) is 6.92 Å². The minimum atomic E-state index is -0.358. The maximum atomic E-state index is 11.3. The van der Waals surface area contributed by atoms with E-state index >= 15 is 0 Å². The van der Waals surface area contributed by atoms with Crippen LogP contribution in [0.15, 0.2) is 16.7 Å². The number of nitrogens with two attached hydrogens (primary N) is 1. The lowest BCUT2D eigenvalue weighted by Gasteiger charge is -1.95. The molecule has 1 rings (SSSR count). The Kier molecular flexibility index (Phi) is 3.81. The average molecular weight is 196 g/mol. The first-order chi connectivity index (χ1) is 6.74. The molecule has 76 valence electrons. The van der Waals surface area contributed by atoms with E-state index in [1.807, 2.05) is 0 Å². The highest BCUT2D eigenvalue weighted by Gasteiger charge is 2.10. The standard InChI is InChI=1S/C8H12N4O2/c1-6-11-7(12-14-6)8(13)10-5-3-2-4-9/h2-3H,4-5,9H2,1H3,(H,10,13)/b3-2+. The van der Waals surface area contributed by atoms with Crippen LogP contribution in [0.25, 0.3) is 0 Å². The maximum Gasteiger partial charge on any atom is 0.292 e. The first-order valence-electron chi connectivity index (χ1n) is 4.17. The molecule has 0 radical (unpaired) electrons. The summed E-state index contributed by atoms with van der Waals surface area (Å²) in [5, 5.41) is 6.05. The fourth-order valence-corrected chi connectivity index (χ4v) is 0.802. The number of nitrogens with one attached hydrogen (secondary N) is 1. The molecular weight excluding hydrogens is 184 g/mol. The second-order valence-electron chi connectivity index (χ2n) is 2.55. The summed E-state index contributed by atoms with van der Waals surface area (Å²) >= 11 is 0. The molecule has 0 aliphatic heterocycles. The van der Waals surface area contributed by atoms with Crippen LogP contribution >= 0.6 is 0 Å². The second-order valence-corrected chi connectivity index (χ2v) is 2.55. The van der Waals surface area contributed by atoms with Gasteiger partial charge in [-0.3, -0.25) is 4.79 Å². The number of aryl methyl sites for hydroxylation is 1. The van der Waals surface area contributed by atoms with Crippen LogP contribution in [-0.4, -0.2) is 29.1 Å². The number of hydrogen-bond acceptors (Lipinski definition) is 5. The fourth-order valence-electron chi connectivity index (χ4n) is 0.802. The molecular formula is C8H12N4O2. The topological polar surface area (TPSA) is 94.0 Å². The highest BCUT2D eigenvalue weighted by Crippen LogP contribution is 1.93. The predicted molar refractivity (Wildman–Crippen MR) is 49.6 cm³/mol. The Labute approximate surface area is 81.2 Å². The highest BCUT2D eigenvalue weighted by molar-refractivity contribution is 5.90. The number of nitrogens with zero attached hydrogens (tertiary/aromatic N) is 2. The number of aromatic nitrogens is 2. The summed E-state index contributed by atoms with van der Waals surface area (Å²) in [6.07, 6.45) is 3.51. The van der Waals surface area contributed by atoms with Crippen LogP contribution in [0.5, 0.6) is 0 Å². The van der Waals surface area contributed by atoms with Crippen LogP contribution < -0.4 is 11.1 Å². The fraction of sp³-hybridized carbons (Fsp3) is 0.375. The number of carbonyl (C=O) groups is 1. The van der Waals surface area contributed by atoms with Crippen molar-refractivity contribution in [3.05, 3.63) is 23.9 Å². The normalized spacial score (nSPS) is 10.7. The van der Waals surface area contributed by atoms with Gasteiger partial charge in [0.05, 0.1) is 0 Å². The Hall–Kier alpha value is -1.69. The monoisotopic (exact) mass is 196 g/mol. The van der Waals surface area contributed by atoms with Crippen LogP contribution in [0.3, 0.4) is 0 Å². The van der Waals surface area contributed by atoms with E-state index in [0.717, 1.165) is 0 Å². The molecule has 6 heteroatoms. The molecule has 14 heavy (non-hydrogen) atoms. The summed E-state index contributed by atoms with van der Waals surface area (Å²) in [4.78, 5) is 15.0. The second kappa shape index (κ2) is 5.13. The van der Waals surface area contributed by atoms with Crippen LogP contribution in [0.1, 0.15) is 16.5 Å². The molecule has 1 aromatic heterocycles. The van der Waals surface area contributed by atoms with E-state index in [4.69, 9.17) is 5.73 Å². The van der Waals surface area contributed by atoms with Gasteiger partial charge in [0, 0.05) is 20.0 Å². The molecule has 0 bridgehead atoms. The van der Waals surface area contributed by atoms with Crippen LogP contribution in [0.2, 0.25) is 0 Å². The molecule has 0 atom stereocenters. The van der Waals surface area contributed by atoms with Crippen molar-refractivity contribution in [3.63, 3.8) is 0 Å². The summed E-state index contributed by atoms with van der Waals surface area (Å²) in [5.74, 6) is 0.0554. The maximum absolute atomic E-state index is 11.3. The van der Waals surface area contributed by atoms with Gasteiger partial charge in [0.25, 0.3) is 11.7 Å². The molecule has 0 spiro atoms. The SMILES string of the molecule is Cc1nc(C(=O)NC/C=C/CN)no1. The van der Waals surface area contributed by atoms with Gasteiger partial charge in [-0.1, -0.05) is 17.3 Å². The van der Waals surface area contributed by atoms with E-state index in [-0.39, 0.29) is 11.7 Å². The zero-order valence-electron chi connectivity index (χ0n) is 7.86. The van der Waals surface area contributed by atoms with E-state index in [0.29, 0.717) is 19.0 Å². The van der Waals surface area contributed by atoms with Crippen molar-refractivity contribution in [2.24, 2.45) is 5.73 Å². The summed E-state index contributed by atoms with van der Waals surface area (Å²) in [7, 11) is 0. The van der Waals surface area contributed by atoms with Crippen LogP contribution in [-0.2, 0) is 0 Å². The Morgan fingerprint density at radius 2 is 2.43 bits per heavy atom. The molecule has 6 nitrogen and oxygen atoms in total. The van der Waals surface area contributed by atoms with E-state index in [9.17, 15) is 4.79 Å². The lowest BCUT2D eigenvalue weighted by atomic mass is 10.4. The van der Waals surface area contributed by atoms with E-state index in [2.05, 4.69) is 20.0 Å².